The van der Waals surface area contributed by atoms with Gasteiger partial charge in [0.1, 0.15) is 10.8 Å². The summed E-state index contributed by atoms with van der Waals surface area (Å²) in [7, 11) is 0. The zero-order chi connectivity index (χ0) is 22.6. The van der Waals surface area contributed by atoms with Gasteiger partial charge in [-0.25, -0.2) is 4.79 Å². The van der Waals surface area contributed by atoms with Crippen LogP contribution < -0.4 is 10.1 Å². The van der Waals surface area contributed by atoms with E-state index in [0.29, 0.717) is 28.8 Å². The van der Waals surface area contributed by atoms with Crippen molar-refractivity contribution in [1.82, 2.24) is 0 Å². The minimum absolute atomic E-state index is 0.110. The van der Waals surface area contributed by atoms with Gasteiger partial charge in [-0.2, -0.15) is 0 Å². The first kappa shape index (κ1) is 23.3. The maximum atomic E-state index is 12.7. The molecule has 3 rings (SSSR count). The van der Waals surface area contributed by atoms with Crippen LogP contribution in [0.2, 0.25) is 0 Å². The lowest BCUT2D eigenvalue weighted by Gasteiger charge is -2.33. The third-order valence-electron chi connectivity index (χ3n) is 5.92. The molecule has 1 aromatic heterocycles. The molecule has 0 aliphatic heterocycles. The normalized spacial score (nSPS) is 15.8. The monoisotopic (exact) mass is 443 g/mol. The van der Waals surface area contributed by atoms with Gasteiger partial charge >= 0.3 is 5.97 Å². The Bertz CT molecular complexity index is 924. The van der Waals surface area contributed by atoms with E-state index in [2.05, 4.69) is 33.0 Å². The Morgan fingerprint density at radius 2 is 1.87 bits per heavy atom. The Balaban J connectivity index is 1.75. The van der Waals surface area contributed by atoms with Gasteiger partial charge in [-0.15, -0.1) is 11.3 Å². The van der Waals surface area contributed by atoms with E-state index in [-0.39, 0.29) is 23.9 Å². The second-order valence-corrected chi connectivity index (χ2v) is 10.2. The van der Waals surface area contributed by atoms with Crippen molar-refractivity contribution in [3.8, 4) is 5.75 Å². The molecule has 1 amide bonds. The molecule has 31 heavy (non-hydrogen) atoms. The number of fused-ring (bicyclic) bond motifs is 1. The largest absolute Gasteiger partial charge is 0.484 e. The van der Waals surface area contributed by atoms with Crippen LogP contribution in [0.1, 0.15) is 67.4 Å². The summed E-state index contributed by atoms with van der Waals surface area (Å²) in [5, 5.41) is 3.48. The number of hydrogen-bond donors (Lipinski definition) is 1. The number of carbonyl (C=O) groups excluding carboxylic acids is 2. The van der Waals surface area contributed by atoms with E-state index in [9.17, 15) is 9.59 Å². The van der Waals surface area contributed by atoms with Crippen molar-refractivity contribution in [2.45, 2.75) is 60.3 Å². The standard InChI is InChI=1S/C25H33NO4S/c1-6-16-8-11-18(12-9-16)30-15-21(27)26-23-22(24(28)29-7-2)19-13-10-17(25(3,4)5)14-20(19)31-23/h8-9,11-12,17H,6-7,10,13-15H2,1-5H3,(H,26,27). The molecule has 1 aliphatic rings. The SMILES string of the molecule is CCOC(=O)c1c(NC(=O)COc2ccc(CC)cc2)sc2c1CCC(C(C)(C)C)C2. The molecular formula is C25H33NO4S. The number of esters is 1. The predicted octanol–water partition coefficient (Wildman–Crippen LogP) is 5.66. The molecule has 0 saturated heterocycles. The summed E-state index contributed by atoms with van der Waals surface area (Å²) in [4.78, 5) is 26.5. The molecular weight excluding hydrogens is 410 g/mol. The highest BCUT2D eigenvalue weighted by Crippen LogP contribution is 2.44. The number of anilines is 1. The van der Waals surface area contributed by atoms with Crippen molar-refractivity contribution < 1.29 is 19.1 Å². The molecule has 0 spiro atoms. The summed E-state index contributed by atoms with van der Waals surface area (Å²) < 4.78 is 10.9. The molecule has 0 bridgehead atoms. The maximum absolute atomic E-state index is 12.7. The number of nitrogens with one attached hydrogen (secondary N) is 1. The zero-order valence-corrected chi connectivity index (χ0v) is 20.0. The van der Waals surface area contributed by atoms with E-state index >= 15 is 0 Å². The van der Waals surface area contributed by atoms with Crippen LogP contribution in [0, 0.1) is 11.3 Å². The fourth-order valence-corrected chi connectivity index (χ4v) is 5.30. The molecule has 2 aromatic rings. The summed E-state index contributed by atoms with van der Waals surface area (Å²) in [6.07, 6.45) is 3.74. The van der Waals surface area contributed by atoms with E-state index in [1.54, 1.807) is 6.92 Å². The van der Waals surface area contributed by atoms with Crippen LogP contribution in [-0.2, 0) is 28.8 Å². The van der Waals surface area contributed by atoms with Crippen LogP contribution in [0.15, 0.2) is 24.3 Å². The lowest BCUT2D eigenvalue weighted by atomic mass is 9.72. The molecule has 1 atom stereocenters. The molecule has 1 N–H and O–H groups in total. The van der Waals surface area contributed by atoms with Gasteiger partial charge in [-0.05, 0) is 67.2 Å². The Kier molecular flexibility index (Phi) is 7.42. The molecule has 1 aliphatic carbocycles. The van der Waals surface area contributed by atoms with Gasteiger partial charge in [-0.3, -0.25) is 4.79 Å². The Labute approximate surface area is 189 Å². The molecule has 1 aromatic carbocycles. The second-order valence-electron chi connectivity index (χ2n) is 9.07. The van der Waals surface area contributed by atoms with Crippen molar-refractivity contribution in [2.75, 3.05) is 18.5 Å². The number of hydrogen-bond acceptors (Lipinski definition) is 5. The first-order valence-corrected chi connectivity index (χ1v) is 11.9. The average Bonchev–Trinajstić information content (AvgIpc) is 3.09. The topological polar surface area (TPSA) is 64.6 Å². The highest BCUT2D eigenvalue weighted by atomic mass is 32.1. The minimum Gasteiger partial charge on any atom is -0.484 e. The van der Waals surface area contributed by atoms with Gasteiger partial charge in [0, 0.05) is 4.88 Å². The quantitative estimate of drug-likeness (QED) is 0.561. The zero-order valence-electron chi connectivity index (χ0n) is 19.2. The Morgan fingerprint density at radius 3 is 2.48 bits per heavy atom. The predicted molar refractivity (Wildman–Crippen MR) is 125 cm³/mol. The smallest absolute Gasteiger partial charge is 0.341 e. The lowest BCUT2D eigenvalue weighted by Crippen LogP contribution is -2.26. The molecule has 0 fully saturated rings. The summed E-state index contributed by atoms with van der Waals surface area (Å²) in [6.45, 7) is 10.9. The summed E-state index contributed by atoms with van der Waals surface area (Å²) in [5.41, 5.74) is 2.98. The third-order valence-corrected chi connectivity index (χ3v) is 7.09. The number of amides is 1. The van der Waals surface area contributed by atoms with E-state index in [1.807, 2.05) is 24.3 Å². The van der Waals surface area contributed by atoms with Gasteiger partial charge in [0.15, 0.2) is 6.61 Å². The van der Waals surface area contributed by atoms with Gasteiger partial charge in [0.25, 0.3) is 5.91 Å². The van der Waals surface area contributed by atoms with E-state index in [0.717, 1.165) is 31.2 Å². The van der Waals surface area contributed by atoms with Crippen molar-refractivity contribution >= 4 is 28.2 Å². The van der Waals surface area contributed by atoms with Gasteiger partial charge in [0.05, 0.1) is 12.2 Å². The highest BCUT2D eigenvalue weighted by Gasteiger charge is 2.34. The molecule has 1 unspecified atom stereocenters. The van der Waals surface area contributed by atoms with Crippen LogP contribution in [-0.4, -0.2) is 25.1 Å². The van der Waals surface area contributed by atoms with Crippen LogP contribution in [0.25, 0.3) is 0 Å². The van der Waals surface area contributed by atoms with Crippen molar-refractivity contribution in [3.63, 3.8) is 0 Å². The van der Waals surface area contributed by atoms with Gasteiger partial charge in [0.2, 0.25) is 0 Å². The van der Waals surface area contributed by atoms with Crippen molar-refractivity contribution in [2.24, 2.45) is 11.3 Å². The molecule has 6 heteroatoms. The van der Waals surface area contributed by atoms with Crippen LogP contribution in [0.4, 0.5) is 5.00 Å². The summed E-state index contributed by atoms with van der Waals surface area (Å²) >= 11 is 1.50. The number of ether oxygens (including phenoxy) is 2. The molecule has 0 radical (unpaired) electrons. The van der Waals surface area contributed by atoms with E-state index < -0.39 is 0 Å². The number of carbonyl (C=O) groups is 2. The fraction of sp³-hybridized carbons (Fsp3) is 0.520. The minimum atomic E-state index is -0.361. The maximum Gasteiger partial charge on any atom is 0.341 e. The average molecular weight is 444 g/mol. The molecule has 0 saturated carbocycles. The summed E-state index contributed by atoms with van der Waals surface area (Å²) in [5.74, 6) is 0.555. The highest BCUT2D eigenvalue weighted by molar-refractivity contribution is 7.17. The number of aryl methyl sites for hydroxylation is 1. The first-order valence-electron chi connectivity index (χ1n) is 11.1. The van der Waals surface area contributed by atoms with Crippen LogP contribution >= 0.6 is 11.3 Å². The molecule has 168 valence electrons. The van der Waals surface area contributed by atoms with Crippen molar-refractivity contribution in [3.05, 3.63) is 45.8 Å². The van der Waals surface area contributed by atoms with E-state index in [1.165, 1.54) is 21.8 Å². The van der Waals surface area contributed by atoms with Gasteiger partial charge < -0.3 is 14.8 Å². The van der Waals surface area contributed by atoms with E-state index in [4.69, 9.17) is 9.47 Å². The molecule has 1 heterocycles. The fourth-order valence-electron chi connectivity index (χ4n) is 3.97. The lowest BCUT2D eigenvalue weighted by molar-refractivity contribution is -0.118. The summed E-state index contributed by atoms with van der Waals surface area (Å²) in [6, 6.07) is 7.72. The Hall–Kier alpha value is -2.34. The van der Waals surface area contributed by atoms with Gasteiger partial charge in [-0.1, -0.05) is 39.8 Å². The van der Waals surface area contributed by atoms with Crippen LogP contribution in [0.5, 0.6) is 5.75 Å². The number of rotatable bonds is 7. The first-order chi connectivity index (χ1) is 14.7. The number of benzene rings is 1. The second kappa shape index (κ2) is 9.86. The molecule has 5 nitrogen and oxygen atoms in total. The number of thiophene rings is 1. The van der Waals surface area contributed by atoms with Crippen molar-refractivity contribution in [1.29, 1.82) is 0 Å². The van der Waals surface area contributed by atoms with Crippen LogP contribution in [0.3, 0.4) is 0 Å². The third kappa shape index (κ3) is 5.67. The Morgan fingerprint density at radius 1 is 1.16 bits per heavy atom.